The lowest BCUT2D eigenvalue weighted by Gasteiger charge is -2.01. The van der Waals surface area contributed by atoms with E-state index in [4.69, 9.17) is 0 Å². The summed E-state index contributed by atoms with van der Waals surface area (Å²) in [6.07, 6.45) is 4.09. The minimum atomic E-state index is -0.221. The van der Waals surface area contributed by atoms with Crippen molar-refractivity contribution >= 4 is 28.7 Å². The molecule has 0 atom stereocenters. The van der Waals surface area contributed by atoms with Crippen LogP contribution < -0.4 is 11.0 Å². The van der Waals surface area contributed by atoms with Crippen LogP contribution in [0.1, 0.15) is 12.8 Å². The highest BCUT2D eigenvalue weighted by atomic mass is 127. The molecule has 0 saturated heterocycles. The first kappa shape index (κ1) is 8.03. The van der Waals surface area contributed by atoms with Gasteiger partial charge in [-0.15, -0.1) is 0 Å². The van der Waals surface area contributed by atoms with E-state index >= 15 is 0 Å². The Kier molecular flexibility index (Phi) is 2.03. The molecule has 1 aliphatic carbocycles. The number of hydrogen-bond acceptors (Lipinski definition) is 3. The van der Waals surface area contributed by atoms with Gasteiger partial charge in [-0.3, -0.25) is 0 Å². The second-order valence-corrected chi connectivity index (χ2v) is 3.86. The molecule has 0 radical (unpaired) electrons. The number of halogens is 1. The van der Waals surface area contributed by atoms with Crippen molar-refractivity contribution in [2.24, 2.45) is 0 Å². The first-order chi connectivity index (χ1) is 5.75. The highest BCUT2D eigenvalue weighted by Crippen LogP contribution is 2.22. The van der Waals surface area contributed by atoms with Gasteiger partial charge in [0.15, 0.2) is 0 Å². The van der Waals surface area contributed by atoms with E-state index in [1.165, 1.54) is 15.6 Å². The molecule has 0 bridgehead atoms. The van der Waals surface area contributed by atoms with Crippen molar-refractivity contribution < 1.29 is 0 Å². The summed E-state index contributed by atoms with van der Waals surface area (Å²) in [4.78, 5) is 14.9. The van der Waals surface area contributed by atoms with Crippen LogP contribution in [0.5, 0.6) is 0 Å². The summed E-state index contributed by atoms with van der Waals surface area (Å²) >= 11 is 1.90. The summed E-state index contributed by atoms with van der Waals surface area (Å²) in [5, 5.41) is 3.16. The quantitative estimate of drug-likeness (QED) is 0.821. The molecule has 1 fully saturated rings. The number of nitrogens with zero attached hydrogens (tertiary/aromatic N) is 2. The third-order valence-electron chi connectivity index (χ3n) is 1.69. The fourth-order valence-corrected chi connectivity index (χ4v) is 1.17. The molecule has 0 unspecified atom stereocenters. The number of nitrogens with one attached hydrogen (secondary N) is 1. The van der Waals surface area contributed by atoms with Gasteiger partial charge in [0.1, 0.15) is 5.82 Å². The van der Waals surface area contributed by atoms with E-state index in [1.807, 2.05) is 28.9 Å². The molecule has 1 N–H and O–H groups in total. The van der Waals surface area contributed by atoms with Gasteiger partial charge in [-0.25, -0.2) is 7.58 Å². The van der Waals surface area contributed by atoms with Crippen molar-refractivity contribution in [3.63, 3.8) is 0 Å². The van der Waals surface area contributed by atoms with Crippen LogP contribution in [0.3, 0.4) is 0 Å². The molecule has 1 heterocycles. The molecule has 2 rings (SSSR count). The van der Waals surface area contributed by atoms with Crippen LogP contribution in [-0.2, 0) is 0 Å². The summed E-state index contributed by atoms with van der Waals surface area (Å²) < 4.78 is 1.43. The number of hydrogen-bond donors (Lipinski definition) is 1. The molecule has 12 heavy (non-hydrogen) atoms. The van der Waals surface area contributed by atoms with Crippen molar-refractivity contribution in [3.8, 4) is 0 Å². The van der Waals surface area contributed by atoms with Gasteiger partial charge in [0.25, 0.3) is 0 Å². The van der Waals surface area contributed by atoms with Crippen molar-refractivity contribution in [2.75, 3.05) is 5.32 Å². The Hall–Kier alpha value is -0.590. The molecule has 0 aromatic carbocycles. The largest absolute Gasteiger partial charge is 0.367 e. The highest BCUT2D eigenvalue weighted by Gasteiger charge is 2.21. The Morgan fingerprint density at radius 3 is 3.00 bits per heavy atom. The van der Waals surface area contributed by atoms with Crippen LogP contribution in [-0.4, -0.2) is 13.8 Å². The van der Waals surface area contributed by atoms with Gasteiger partial charge in [0.2, 0.25) is 0 Å². The maximum Gasteiger partial charge on any atom is 0.358 e. The van der Waals surface area contributed by atoms with E-state index in [9.17, 15) is 4.79 Å². The third-order valence-corrected chi connectivity index (χ3v) is 2.43. The molecule has 1 aromatic rings. The Morgan fingerprint density at radius 1 is 1.67 bits per heavy atom. The normalized spacial score (nSPS) is 16.1. The summed E-state index contributed by atoms with van der Waals surface area (Å²) in [6, 6.07) is 2.36. The average molecular weight is 277 g/mol. The molecule has 0 spiro atoms. The van der Waals surface area contributed by atoms with Crippen molar-refractivity contribution in [1.82, 2.24) is 7.76 Å². The second kappa shape index (κ2) is 3.04. The third kappa shape index (κ3) is 1.77. The Bertz CT molecular complexity index is 345. The minimum Gasteiger partial charge on any atom is -0.367 e. The van der Waals surface area contributed by atoms with E-state index in [0.29, 0.717) is 11.9 Å². The van der Waals surface area contributed by atoms with E-state index in [2.05, 4.69) is 10.3 Å². The highest BCUT2D eigenvalue weighted by molar-refractivity contribution is 14.1. The van der Waals surface area contributed by atoms with Gasteiger partial charge < -0.3 is 5.32 Å². The predicted molar refractivity (Wildman–Crippen MR) is 54.6 cm³/mol. The molecule has 0 aliphatic heterocycles. The zero-order valence-electron chi connectivity index (χ0n) is 6.33. The fourth-order valence-electron chi connectivity index (χ4n) is 0.905. The van der Waals surface area contributed by atoms with Crippen LogP contribution in [0.4, 0.5) is 5.82 Å². The minimum absolute atomic E-state index is 0.221. The fraction of sp³-hybridized carbons (Fsp3) is 0.429. The van der Waals surface area contributed by atoms with Gasteiger partial charge in [-0.1, -0.05) is 0 Å². The molecular weight excluding hydrogens is 269 g/mol. The van der Waals surface area contributed by atoms with Gasteiger partial charge >= 0.3 is 5.69 Å². The van der Waals surface area contributed by atoms with E-state index < -0.39 is 0 Å². The molecule has 1 aromatic heterocycles. The lowest BCUT2D eigenvalue weighted by Crippen LogP contribution is -2.17. The SMILES string of the molecule is O=c1nc(NC2CC2)ccn1I. The van der Waals surface area contributed by atoms with Gasteiger partial charge in [-0.05, 0) is 18.9 Å². The zero-order chi connectivity index (χ0) is 8.55. The van der Waals surface area contributed by atoms with Gasteiger partial charge in [0, 0.05) is 12.2 Å². The van der Waals surface area contributed by atoms with E-state index in [0.717, 1.165) is 0 Å². The number of anilines is 1. The van der Waals surface area contributed by atoms with E-state index in [1.54, 1.807) is 6.20 Å². The molecular formula is C7H8IN3O. The van der Waals surface area contributed by atoms with Crippen LogP contribution in [0.15, 0.2) is 17.1 Å². The Morgan fingerprint density at radius 2 is 2.42 bits per heavy atom. The zero-order valence-corrected chi connectivity index (χ0v) is 8.48. The number of rotatable bonds is 2. The summed E-state index contributed by atoms with van der Waals surface area (Å²) in [5.74, 6) is 0.690. The molecule has 5 heteroatoms. The smallest absolute Gasteiger partial charge is 0.358 e. The first-order valence-electron chi connectivity index (χ1n) is 3.78. The second-order valence-electron chi connectivity index (χ2n) is 2.83. The molecule has 4 nitrogen and oxygen atoms in total. The average Bonchev–Trinajstić information content (AvgIpc) is 2.81. The lowest BCUT2D eigenvalue weighted by molar-refractivity contribution is 1.02. The number of aromatic nitrogens is 2. The Labute approximate surface area is 83.5 Å². The molecule has 0 amide bonds. The van der Waals surface area contributed by atoms with Crippen LogP contribution in [0.2, 0.25) is 0 Å². The van der Waals surface area contributed by atoms with Crippen molar-refractivity contribution in [3.05, 3.63) is 22.7 Å². The van der Waals surface area contributed by atoms with Crippen LogP contribution >= 0.6 is 22.9 Å². The topological polar surface area (TPSA) is 46.9 Å². The van der Waals surface area contributed by atoms with Crippen molar-refractivity contribution in [2.45, 2.75) is 18.9 Å². The molecule has 1 aliphatic rings. The van der Waals surface area contributed by atoms with E-state index in [-0.39, 0.29) is 5.69 Å². The van der Waals surface area contributed by atoms with Gasteiger partial charge in [0.05, 0.1) is 22.9 Å². The van der Waals surface area contributed by atoms with Crippen LogP contribution in [0, 0.1) is 0 Å². The molecule has 1 saturated carbocycles. The lowest BCUT2D eigenvalue weighted by atomic mass is 10.5. The monoisotopic (exact) mass is 277 g/mol. The van der Waals surface area contributed by atoms with Crippen molar-refractivity contribution in [1.29, 1.82) is 0 Å². The van der Waals surface area contributed by atoms with Crippen LogP contribution in [0.25, 0.3) is 0 Å². The maximum atomic E-state index is 11.0. The first-order valence-corrected chi connectivity index (χ1v) is 4.74. The summed E-state index contributed by atoms with van der Waals surface area (Å²) in [5.41, 5.74) is -0.221. The Balaban J connectivity index is 2.21. The predicted octanol–water partition coefficient (Wildman–Crippen LogP) is 1.02. The molecule has 64 valence electrons. The van der Waals surface area contributed by atoms with Gasteiger partial charge in [-0.2, -0.15) is 4.98 Å². The standard InChI is InChI=1S/C7H8IN3O/c8-11-4-3-6(10-7(11)12)9-5-1-2-5/h3-5H,1-2H2,(H,9,10,12). The maximum absolute atomic E-state index is 11.0. The summed E-state index contributed by atoms with van der Waals surface area (Å²) in [7, 11) is 0. The summed E-state index contributed by atoms with van der Waals surface area (Å²) in [6.45, 7) is 0.